The molecule has 0 bridgehead atoms. The van der Waals surface area contributed by atoms with E-state index in [0.29, 0.717) is 6.61 Å². The van der Waals surface area contributed by atoms with Crippen molar-refractivity contribution in [3.05, 3.63) is 0 Å². The molecular formula is C11H22N2O2. The van der Waals surface area contributed by atoms with Crippen molar-refractivity contribution in [2.24, 2.45) is 0 Å². The third kappa shape index (κ3) is 3.18. The number of esters is 1. The first-order chi connectivity index (χ1) is 7.12. The molecule has 1 aliphatic rings. The molecule has 4 nitrogen and oxygen atoms in total. The van der Waals surface area contributed by atoms with Gasteiger partial charge < -0.3 is 15.0 Å². The van der Waals surface area contributed by atoms with Crippen LogP contribution in [0.5, 0.6) is 0 Å². The minimum atomic E-state index is -0.569. The van der Waals surface area contributed by atoms with Crippen LogP contribution in [0.1, 0.15) is 26.7 Å². The van der Waals surface area contributed by atoms with Crippen LogP contribution in [0.15, 0.2) is 0 Å². The van der Waals surface area contributed by atoms with Crippen molar-refractivity contribution in [2.75, 3.05) is 33.3 Å². The highest BCUT2D eigenvalue weighted by atomic mass is 16.5. The number of nitrogens with zero attached hydrogens (tertiary/aromatic N) is 1. The zero-order chi connectivity index (χ0) is 11.3. The van der Waals surface area contributed by atoms with Gasteiger partial charge in [0.25, 0.3) is 0 Å². The van der Waals surface area contributed by atoms with Crippen LogP contribution in [0, 0.1) is 0 Å². The van der Waals surface area contributed by atoms with Crippen LogP contribution in [0.25, 0.3) is 0 Å². The van der Waals surface area contributed by atoms with Gasteiger partial charge in [0.1, 0.15) is 5.54 Å². The molecule has 0 radical (unpaired) electrons. The lowest BCUT2D eigenvalue weighted by Gasteiger charge is -2.31. The predicted molar refractivity (Wildman–Crippen MR) is 59.8 cm³/mol. The van der Waals surface area contributed by atoms with E-state index in [1.54, 1.807) is 0 Å². The summed E-state index contributed by atoms with van der Waals surface area (Å²) < 4.78 is 5.08. The Labute approximate surface area is 92.0 Å². The van der Waals surface area contributed by atoms with Gasteiger partial charge >= 0.3 is 5.97 Å². The summed E-state index contributed by atoms with van der Waals surface area (Å²) in [6.07, 6.45) is 2.48. The topological polar surface area (TPSA) is 41.6 Å². The van der Waals surface area contributed by atoms with E-state index < -0.39 is 5.54 Å². The summed E-state index contributed by atoms with van der Waals surface area (Å²) >= 11 is 0. The van der Waals surface area contributed by atoms with Gasteiger partial charge in [-0.05, 0) is 46.8 Å². The van der Waals surface area contributed by atoms with E-state index in [1.807, 2.05) is 20.9 Å². The molecule has 88 valence electrons. The fraction of sp³-hybridized carbons (Fsp3) is 0.909. The Kier molecular flexibility index (Phi) is 4.54. The highest BCUT2D eigenvalue weighted by molar-refractivity contribution is 5.80. The molecule has 0 aromatic heterocycles. The summed E-state index contributed by atoms with van der Waals surface area (Å²) in [5.41, 5.74) is -0.569. The Bertz CT molecular complexity index is 215. The molecule has 0 amide bonds. The average Bonchev–Trinajstić information content (AvgIpc) is 2.70. The molecule has 1 atom stereocenters. The van der Waals surface area contributed by atoms with E-state index in [1.165, 1.54) is 12.8 Å². The third-order valence-corrected chi connectivity index (χ3v) is 3.02. The predicted octanol–water partition coefficient (Wildman–Crippen LogP) is 0.623. The molecule has 0 saturated carbocycles. The second kappa shape index (κ2) is 5.47. The first kappa shape index (κ1) is 12.5. The number of hydrogen-bond donors (Lipinski definition) is 1. The maximum atomic E-state index is 11.8. The largest absolute Gasteiger partial charge is 0.465 e. The zero-order valence-electron chi connectivity index (χ0n) is 10.0. The van der Waals surface area contributed by atoms with Crippen LogP contribution >= 0.6 is 0 Å². The highest BCUT2D eigenvalue weighted by Crippen LogP contribution is 2.14. The SMILES string of the molecule is CCOC(=O)C(C)(CN1CCCC1)NC. The van der Waals surface area contributed by atoms with Gasteiger partial charge in [-0.2, -0.15) is 0 Å². The molecule has 1 saturated heterocycles. The normalized spacial score (nSPS) is 21.3. The summed E-state index contributed by atoms with van der Waals surface area (Å²) in [6, 6.07) is 0. The molecule has 1 rings (SSSR count). The quantitative estimate of drug-likeness (QED) is 0.681. The highest BCUT2D eigenvalue weighted by Gasteiger charge is 2.35. The van der Waals surface area contributed by atoms with Gasteiger partial charge in [-0.3, -0.25) is 4.79 Å². The first-order valence-corrected chi connectivity index (χ1v) is 5.71. The molecule has 0 aromatic carbocycles. The van der Waals surface area contributed by atoms with Gasteiger partial charge in [0, 0.05) is 6.54 Å². The third-order valence-electron chi connectivity index (χ3n) is 3.02. The van der Waals surface area contributed by atoms with Crippen molar-refractivity contribution < 1.29 is 9.53 Å². The number of carbonyl (C=O) groups is 1. The smallest absolute Gasteiger partial charge is 0.327 e. The Morgan fingerprint density at radius 2 is 2.07 bits per heavy atom. The molecule has 15 heavy (non-hydrogen) atoms. The number of rotatable bonds is 5. The summed E-state index contributed by atoms with van der Waals surface area (Å²) in [4.78, 5) is 14.1. The minimum Gasteiger partial charge on any atom is -0.465 e. The molecule has 1 unspecified atom stereocenters. The van der Waals surface area contributed by atoms with Crippen molar-refractivity contribution >= 4 is 5.97 Å². The summed E-state index contributed by atoms with van der Waals surface area (Å²) in [5, 5.41) is 3.07. The van der Waals surface area contributed by atoms with Gasteiger partial charge in [-0.1, -0.05) is 0 Å². The molecular weight excluding hydrogens is 192 g/mol. The van der Waals surface area contributed by atoms with Crippen LogP contribution in [0.4, 0.5) is 0 Å². The van der Waals surface area contributed by atoms with Crippen molar-refractivity contribution in [1.29, 1.82) is 0 Å². The van der Waals surface area contributed by atoms with E-state index in [4.69, 9.17) is 4.74 Å². The lowest BCUT2D eigenvalue weighted by Crippen LogP contribution is -2.55. The fourth-order valence-corrected chi connectivity index (χ4v) is 1.92. The van der Waals surface area contributed by atoms with E-state index in [2.05, 4.69) is 10.2 Å². The molecule has 0 aliphatic carbocycles. The standard InChI is InChI=1S/C11H22N2O2/c1-4-15-10(14)11(2,12-3)9-13-7-5-6-8-13/h12H,4-9H2,1-3H3. The lowest BCUT2D eigenvalue weighted by atomic mass is 10.0. The Hall–Kier alpha value is -0.610. The zero-order valence-corrected chi connectivity index (χ0v) is 10.0. The Morgan fingerprint density at radius 1 is 1.47 bits per heavy atom. The maximum Gasteiger partial charge on any atom is 0.327 e. The van der Waals surface area contributed by atoms with Crippen LogP contribution < -0.4 is 5.32 Å². The summed E-state index contributed by atoms with van der Waals surface area (Å²) in [7, 11) is 1.81. The van der Waals surface area contributed by atoms with Crippen LogP contribution in [0.3, 0.4) is 0 Å². The van der Waals surface area contributed by atoms with Gasteiger partial charge in [-0.25, -0.2) is 0 Å². The average molecular weight is 214 g/mol. The van der Waals surface area contributed by atoms with Gasteiger partial charge in [0.2, 0.25) is 0 Å². The van der Waals surface area contributed by atoms with Crippen molar-refractivity contribution in [1.82, 2.24) is 10.2 Å². The van der Waals surface area contributed by atoms with Crippen molar-refractivity contribution in [3.63, 3.8) is 0 Å². The van der Waals surface area contributed by atoms with E-state index in [-0.39, 0.29) is 5.97 Å². The fourth-order valence-electron chi connectivity index (χ4n) is 1.92. The summed E-state index contributed by atoms with van der Waals surface area (Å²) in [5.74, 6) is -0.153. The molecule has 1 aliphatic heterocycles. The van der Waals surface area contributed by atoms with E-state index >= 15 is 0 Å². The first-order valence-electron chi connectivity index (χ1n) is 5.71. The molecule has 0 aromatic rings. The van der Waals surface area contributed by atoms with E-state index in [0.717, 1.165) is 19.6 Å². The number of hydrogen-bond acceptors (Lipinski definition) is 4. The second-order valence-electron chi connectivity index (χ2n) is 4.29. The molecule has 4 heteroatoms. The van der Waals surface area contributed by atoms with Crippen molar-refractivity contribution in [2.45, 2.75) is 32.2 Å². The Balaban J connectivity index is 2.53. The Morgan fingerprint density at radius 3 is 2.53 bits per heavy atom. The van der Waals surface area contributed by atoms with Gasteiger partial charge in [0.05, 0.1) is 6.61 Å². The summed E-state index contributed by atoms with van der Waals surface area (Å²) in [6.45, 7) is 7.11. The van der Waals surface area contributed by atoms with E-state index in [9.17, 15) is 4.79 Å². The number of likely N-dealkylation sites (tertiary alicyclic amines) is 1. The van der Waals surface area contributed by atoms with Crippen LogP contribution in [-0.2, 0) is 9.53 Å². The second-order valence-corrected chi connectivity index (χ2v) is 4.29. The van der Waals surface area contributed by atoms with Crippen molar-refractivity contribution in [3.8, 4) is 0 Å². The molecule has 1 heterocycles. The minimum absolute atomic E-state index is 0.153. The van der Waals surface area contributed by atoms with Crippen LogP contribution in [-0.4, -0.2) is 49.7 Å². The number of carbonyl (C=O) groups excluding carboxylic acids is 1. The van der Waals surface area contributed by atoms with Gasteiger partial charge in [-0.15, -0.1) is 0 Å². The maximum absolute atomic E-state index is 11.8. The number of likely N-dealkylation sites (N-methyl/N-ethyl adjacent to an activating group) is 1. The van der Waals surface area contributed by atoms with Gasteiger partial charge in [0.15, 0.2) is 0 Å². The molecule has 0 spiro atoms. The van der Waals surface area contributed by atoms with Crippen LogP contribution in [0.2, 0.25) is 0 Å². The monoisotopic (exact) mass is 214 g/mol. The lowest BCUT2D eigenvalue weighted by molar-refractivity contribution is -0.151. The molecule has 1 fully saturated rings. The number of nitrogens with one attached hydrogen (secondary N) is 1. The number of ether oxygens (including phenoxy) is 1. The molecule has 1 N–H and O–H groups in total.